The third kappa shape index (κ3) is 6.60. The van der Waals surface area contributed by atoms with Gasteiger partial charge in [0.25, 0.3) is 0 Å². The number of carbonyl (C=O) groups is 3. The predicted molar refractivity (Wildman–Crippen MR) is 91.4 cm³/mol. The molecule has 0 aliphatic carbocycles. The van der Waals surface area contributed by atoms with Crippen molar-refractivity contribution < 1.29 is 19.1 Å². The second kappa shape index (κ2) is 8.70. The monoisotopic (exact) mass is 339 g/mol. The van der Waals surface area contributed by atoms with Crippen LogP contribution in [0.2, 0.25) is 0 Å². The molecule has 7 heteroatoms. The number of amides is 3. The van der Waals surface area contributed by atoms with Crippen LogP contribution in [0.25, 0.3) is 0 Å². The highest BCUT2D eigenvalue weighted by molar-refractivity contribution is 5.90. The van der Waals surface area contributed by atoms with E-state index in [1.807, 2.05) is 0 Å². The number of likely N-dealkylation sites (N-methyl/N-ethyl adjacent to an activating group) is 1. The van der Waals surface area contributed by atoms with Crippen molar-refractivity contribution in [2.45, 2.75) is 51.7 Å². The van der Waals surface area contributed by atoms with Crippen molar-refractivity contribution in [1.82, 2.24) is 15.1 Å². The third-order valence-corrected chi connectivity index (χ3v) is 3.75. The molecule has 1 atom stereocenters. The van der Waals surface area contributed by atoms with Crippen molar-refractivity contribution in [2.24, 2.45) is 0 Å². The Morgan fingerprint density at radius 2 is 2.00 bits per heavy atom. The first-order valence-corrected chi connectivity index (χ1v) is 8.28. The molecule has 0 aromatic rings. The Labute approximate surface area is 144 Å². The Morgan fingerprint density at radius 3 is 2.58 bits per heavy atom. The fraction of sp³-hybridized carbons (Fsp3) is 0.706. The molecule has 1 aliphatic rings. The fourth-order valence-electron chi connectivity index (χ4n) is 2.58. The van der Waals surface area contributed by atoms with Gasteiger partial charge < -0.3 is 19.9 Å². The average Bonchev–Trinajstić information content (AvgIpc) is 2.50. The van der Waals surface area contributed by atoms with Gasteiger partial charge in [-0.15, -0.1) is 0 Å². The Balaban J connectivity index is 2.58. The molecule has 3 amide bonds. The van der Waals surface area contributed by atoms with Gasteiger partial charge in [-0.25, -0.2) is 4.79 Å². The van der Waals surface area contributed by atoms with E-state index in [1.165, 1.54) is 11.0 Å². The van der Waals surface area contributed by atoms with Crippen LogP contribution in [0.3, 0.4) is 0 Å². The van der Waals surface area contributed by atoms with Gasteiger partial charge in [-0.05, 0) is 46.1 Å². The molecular formula is C17H29N3O4. The molecule has 0 bridgehead atoms. The van der Waals surface area contributed by atoms with E-state index in [0.29, 0.717) is 13.1 Å². The van der Waals surface area contributed by atoms with Gasteiger partial charge in [0, 0.05) is 26.2 Å². The van der Waals surface area contributed by atoms with Crippen molar-refractivity contribution >= 4 is 17.9 Å². The summed E-state index contributed by atoms with van der Waals surface area (Å²) in [7, 11) is 1.57. The SMILES string of the molecule is C=CC(=O)N(C)CC(=O)N1CCCC[C@H]1CNC(=O)OC(C)(C)C. The van der Waals surface area contributed by atoms with Gasteiger partial charge in [0.2, 0.25) is 11.8 Å². The van der Waals surface area contributed by atoms with E-state index in [1.54, 1.807) is 32.7 Å². The minimum absolute atomic E-state index is 0.00773. The van der Waals surface area contributed by atoms with Gasteiger partial charge in [0.15, 0.2) is 0 Å². The third-order valence-electron chi connectivity index (χ3n) is 3.75. The topological polar surface area (TPSA) is 79.0 Å². The van der Waals surface area contributed by atoms with Gasteiger partial charge in [-0.2, -0.15) is 0 Å². The zero-order valence-corrected chi connectivity index (χ0v) is 15.1. The Hall–Kier alpha value is -2.05. The second-order valence-electron chi connectivity index (χ2n) is 7.02. The summed E-state index contributed by atoms with van der Waals surface area (Å²) in [4.78, 5) is 38.9. The van der Waals surface area contributed by atoms with Crippen LogP contribution in [0.1, 0.15) is 40.0 Å². The number of nitrogens with zero attached hydrogens (tertiary/aromatic N) is 2. The lowest BCUT2D eigenvalue weighted by molar-refractivity contribution is -0.139. The van der Waals surface area contributed by atoms with Crippen molar-refractivity contribution in [3.63, 3.8) is 0 Å². The number of piperidine rings is 1. The van der Waals surface area contributed by atoms with Crippen LogP contribution >= 0.6 is 0 Å². The Bertz CT molecular complexity index is 485. The minimum Gasteiger partial charge on any atom is -0.444 e. The summed E-state index contributed by atoms with van der Waals surface area (Å²) < 4.78 is 5.22. The second-order valence-corrected chi connectivity index (χ2v) is 7.02. The van der Waals surface area contributed by atoms with Crippen LogP contribution in [0.5, 0.6) is 0 Å². The molecule has 0 spiro atoms. The lowest BCUT2D eigenvalue weighted by atomic mass is 10.0. The van der Waals surface area contributed by atoms with Gasteiger partial charge in [0.05, 0.1) is 6.54 Å². The van der Waals surface area contributed by atoms with Gasteiger partial charge >= 0.3 is 6.09 Å². The molecule has 0 unspecified atom stereocenters. The van der Waals surface area contributed by atoms with Crippen LogP contribution in [-0.4, -0.2) is 66.0 Å². The first kappa shape index (κ1) is 20.0. The smallest absolute Gasteiger partial charge is 0.407 e. The number of likely N-dealkylation sites (tertiary alicyclic amines) is 1. The summed E-state index contributed by atoms with van der Waals surface area (Å²) >= 11 is 0. The van der Waals surface area contributed by atoms with Crippen LogP contribution in [0.4, 0.5) is 4.79 Å². The van der Waals surface area contributed by atoms with Crippen molar-refractivity contribution in [2.75, 3.05) is 26.7 Å². The highest BCUT2D eigenvalue weighted by atomic mass is 16.6. The molecule has 0 aromatic carbocycles. The van der Waals surface area contributed by atoms with Gasteiger partial charge in [0.1, 0.15) is 5.60 Å². The number of alkyl carbamates (subject to hydrolysis) is 1. The van der Waals surface area contributed by atoms with E-state index in [4.69, 9.17) is 4.74 Å². The van der Waals surface area contributed by atoms with Crippen LogP contribution in [0, 0.1) is 0 Å². The summed E-state index contributed by atoms with van der Waals surface area (Å²) in [5, 5.41) is 2.73. The minimum atomic E-state index is -0.556. The largest absolute Gasteiger partial charge is 0.444 e. The molecule has 1 fully saturated rings. The number of hydrogen-bond acceptors (Lipinski definition) is 4. The normalized spacial score (nSPS) is 17.8. The number of nitrogens with one attached hydrogen (secondary N) is 1. The molecule has 136 valence electrons. The van der Waals surface area contributed by atoms with E-state index < -0.39 is 11.7 Å². The summed E-state index contributed by atoms with van der Waals surface area (Å²) in [5.74, 6) is -0.410. The average molecular weight is 339 g/mol. The van der Waals surface area contributed by atoms with Gasteiger partial charge in [-0.3, -0.25) is 9.59 Å². The van der Waals surface area contributed by atoms with Crippen molar-refractivity contribution in [3.8, 4) is 0 Å². The fourth-order valence-corrected chi connectivity index (χ4v) is 2.58. The molecule has 7 nitrogen and oxygen atoms in total. The molecule has 0 saturated carbocycles. The zero-order chi connectivity index (χ0) is 18.3. The van der Waals surface area contributed by atoms with Crippen LogP contribution in [-0.2, 0) is 14.3 Å². The quantitative estimate of drug-likeness (QED) is 0.771. The standard InChI is InChI=1S/C17H29N3O4/c1-6-14(21)19(5)12-15(22)20-10-8-7-9-13(20)11-18-16(23)24-17(2,3)4/h6,13H,1,7-12H2,2-5H3,(H,18,23)/t13-/m0/s1. The lowest BCUT2D eigenvalue weighted by Gasteiger charge is -2.36. The van der Waals surface area contributed by atoms with E-state index >= 15 is 0 Å². The highest BCUT2D eigenvalue weighted by Crippen LogP contribution is 2.17. The lowest BCUT2D eigenvalue weighted by Crippen LogP contribution is -2.52. The number of rotatable bonds is 5. The molecule has 1 aliphatic heterocycles. The highest BCUT2D eigenvalue weighted by Gasteiger charge is 2.28. The zero-order valence-electron chi connectivity index (χ0n) is 15.1. The van der Waals surface area contributed by atoms with E-state index in [9.17, 15) is 14.4 Å². The maximum atomic E-state index is 12.5. The summed E-state index contributed by atoms with van der Waals surface area (Å²) in [6.45, 7) is 9.81. The van der Waals surface area contributed by atoms with Crippen LogP contribution < -0.4 is 5.32 Å². The maximum Gasteiger partial charge on any atom is 0.407 e. The Kier molecular flexibility index (Phi) is 7.25. The van der Waals surface area contributed by atoms with Crippen LogP contribution in [0.15, 0.2) is 12.7 Å². The molecule has 1 N–H and O–H groups in total. The molecule has 24 heavy (non-hydrogen) atoms. The van der Waals surface area contributed by atoms with E-state index in [0.717, 1.165) is 19.3 Å². The molecule has 1 rings (SSSR count). The van der Waals surface area contributed by atoms with Crippen molar-refractivity contribution in [1.29, 1.82) is 0 Å². The summed E-state index contributed by atoms with van der Waals surface area (Å²) in [6, 6.07) is -0.0778. The maximum absolute atomic E-state index is 12.5. The first-order chi connectivity index (χ1) is 11.1. The molecule has 0 radical (unpaired) electrons. The summed E-state index contributed by atoms with van der Waals surface area (Å²) in [6.07, 6.45) is 3.45. The molecule has 1 heterocycles. The Morgan fingerprint density at radius 1 is 1.33 bits per heavy atom. The number of hydrogen-bond donors (Lipinski definition) is 1. The summed E-state index contributed by atoms with van der Waals surface area (Å²) in [5.41, 5.74) is -0.556. The van der Waals surface area contributed by atoms with Crippen molar-refractivity contribution in [3.05, 3.63) is 12.7 Å². The molecular weight excluding hydrogens is 310 g/mol. The van der Waals surface area contributed by atoms with E-state index in [2.05, 4.69) is 11.9 Å². The number of carbonyl (C=O) groups excluding carboxylic acids is 3. The molecule has 1 saturated heterocycles. The van der Waals surface area contributed by atoms with Gasteiger partial charge in [-0.1, -0.05) is 6.58 Å². The van der Waals surface area contributed by atoms with E-state index in [-0.39, 0.29) is 24.4 Å². The number of ether oxygens (including phenoxy) is 1. The first-order valence-electron chi connectivity index (χ1n) is 8.28. The molecule has 0 aromatic heterocycles. The predicted octanol–water partition coefficient (Wildman–Crippen LogP) is 1.54.